The van der Waals surface area contributed by atoms with E-state index in [1.807, 2.05) is 24.3 Å². The molecule has 0 saturated carbocycles. The number of hydrogen-bond donors (Lipinski definition) is 2. The summed E-state index contributed by atoms with van der Waals surface area (Å²) in [5, 5.41) is 26.0. The summed E-state index contributed by atoms with van der Waals surface area (Å²) in [5.74, 6) is 0.602. The van der Waals surface area contributed by atoms with Crippen LogP contribution in [0.25, 0.3) is 54.9 Å². The summed E-state index contributed by atoms with van der Waals surface area (Å²) in [7, 11) is 0. The number of nitrogens with zero attached hydrogens (tertiary/aromatic N) is 1. The highest BCUT2D eigenvalue weighted by molar-refractivity contribution is 6.12. The molecule has 7 rings (SSSR count). The van der Waals surface area contributed by atoms with Gasteiger partial charge in [-0.3, -0.25) is 0 Å². The van der Waals surface area contributed by atoms with Gasteiger partial charge in [0.2, 0.25) is 0 Å². The lowest BCUT2D eigenvalue weighted by Gasteiger charge is -2.39. The lowest BCUT2D eigenvalue weighted by Crippen LogP contribution is -2.47. The second kappa shape index (κ2) is 19.7. The molecule has 6 aromatic rings. The minimum absolute atomic E-state index is 0.301. The number of unbranched alkanes of at least 4 members (excludes halogenated alkanes) is 14. The fourth-order valence-electron chi connectivity index (χ4n) is 9.79. The molecule has 57 heavy (non-hydrogen) atoms. The van der Waals surface area contributed by atoms with Gasteiger partial charge in [-0.2, -0.15) is 0 Å². The van der Waals surface area contributed by atoms with Crippen molar-refractivity contribution in [2.24, 2.45) is 0 Å². The number of hydrogen-bond acceptors (Lipinski definition) is 2. The first kappa shape index (κ1) is 40.6. The van der Waals surface area contributed by atoms with E-state index in [4.69, 9.17) is 0 Å². The minimum atomic E-state index is 0.301. The number of benzene rings is 6. The summed E-state index contributed by atoms with van der Waals surface area (Å²) in [4.78, 5) is 0. The predicted molar refractivity (Wildman–Crippen MR) is 244 cm³/mol. The van der Waals surface area contributed by atoms with E-state index in [2.05, 4.69) is 98.8 Å². The fraction of sp³-hybridized carbons (Fsp3) is 0.407. The highest BCUT2D eigenvalue weighted by atomic mass is 16.3. The molecule has 1 heterocycles. The van der Waals surface area contributed by atoms with Crippen molar-refractivity contribution in [2.75, 3.05) is 13.1 Å². The maximum Gasteiger partial charge on any atom is 0.115 e. The smallest absolute Gasteiger partial charge is 0.115 e. The summed E-state index contributed by atoms with van der Waals surface area (Å²) in [6, 6.07) is 38.7. The molecular weight excluding hydrogens is 695 g/mol. The van der Waals surface area contributed by atoms with Crippen LogP contribution in [0.3, 0.4) is 0 Å². The molecule has 3 heteroatoms. The Labute approximate surface area is 343 Å². The average Bonchev–Trinajstić information content (AvgIpc) is 3.38. The maximum atomic E-state index is 10.4. The molecule has 2 N–H and O–H groups in total. The number of rotatable bonds is 20. The van der Waals surface area contributed by atoms with Crippen LogP contribution in [0.15, 0.2) is 109 Å². The van der Waals surface area contributed by atoms with E-state index in [0.29, 0.717) is 11.5 Å². The third kappa shape index (κ3) is 9.75. The predicted octanol–water partition coefficient (Wildman–Crippen LogP) is 15.5. The van der Waals surface area contributed by atoms with Crippen molar-refractivity contribution in [3.63, 3.8) is 0 Å². The third-order valence-corrected chi connectivity index (χ3v) is 12.9. The van der Waals surface area contributed by atoms with Crippen LogP contribution in [0.5, 0.6) is 11.5 Å². The molecule has 0 atom stereocenters. The van der Waals surface area contributed by atoms with Crippen molar-refractivity contribution in [1.29, 1.82) is 0 Å². The first-order valence-corrected chi connectivity index (χ1v) is 22.5. The van der Waals surface area contributed by atoms with Crippen molar-refractivity contribution in [2.45, 2.75) is 130 Å². The monoisotopic (exact) mass is 761 g/mol. The van der Waals surface area contributed by atoms with Crippen molar-refractivity contribution < 1.29 is 14.7 Å². The second-order valence-electron chi connectivity index (χ2n) is 17.1. The molecule has 298 valence electrons. The molecule has 0 radical (unpaired) electrons. The number of phenolic OH excluding ortho intramolecular Hbond substituents is 2. The van der Waals surface area contributed by atoms with Gasteiger partial charge in [-0.25, -0.2) is 0 Å². The molecule has 3 nitrogen and oxygen atoms in total. The van der Waals surface area contributed by atoms with Crippen LogP contribution in [0, 0.1) is 0 Å². The molecule has 0 aliphatic carbocycles. The van der Waals surface area contributed by atoms with E-state index in [0.717, 1.165) is 41.8 Å². The van der Waals surface area contributed by atoms with Crippen molar-refractivity contribution >= 4 is 21.5 Å². The van der Waals surface area contributed by atoms with Gasteiger partial charge in [0, 0.05) is 22.3 Å². The molecule has 0 amide bonds. The number of phenols is 2. The Morgan fingerprint density at radius 2 is 0.772 bits per heavy atom. The molecule has 0 unspecified atom stereocenters. The van der Waals surface area contributed by atoms with Gasteiger partial charge in [0.05, 0.1) is 13.1 Å². The van der Waals surface area contributed by atoms with E-state index < -0.39 is 0 Å². The maximum absolute atomic E-state index is 10.4. The van der Waals surface area contributed by atoms with Crippen molar-refractivity contribution in [3.8, 4) is 44.9 Å². The largest absolute Gasteiger partial charge is 0.508 e. The molecule has 1 aliphatic rings. The van der Waals surface area contributed by atoms with Gasteiger partial charge >= 0.3 is 0 Å². The zero-order chi connectivity index (χ0) is 39.5. The van der Waals surface area contributed by atoms with Gasteiger partial charge in [-0.05, 0) is 106 Å². The topological polar surface area (TPSA) is 40.5 Å². The number of quaternary nitrogens is 1. The highest BCUT2D eigenvalue weighted by Crippen LogP contribution is 2.50. The molecule has 0 bridgehead atoms. The average molecular weight is 761 g/mol. The zero-order valence-corrected chi connectivity index (χ0v) is 34.9. The van der Waals surface area contributed by atoms with E-state index in [1.54, 1.807) is 0 Å². The van der Waals surface area contributed by atoms with Crippen LogP contribution in [0.1, 0.15) is 128 Å². The molecule has 0 aromatic heterocycles. The van der Waals surface area contributed by atoms with Crippen LogP contribution in [-0.4, -0.2) is 27.8 Å². The summed E-state index contributed by atoms with van der Waals surface area (Å²) < 4.78 is 1.04. The Kier molecular flexibility index (Phi) is 14.0. The Hall–Kier alpha value is -4.60. The molecule has 0 saturated heterocycles. The lowest BCUT2D eigenvalue weighted by molar-refractivity contribution is -0.953. The summed E-state index contributed by atoms with van der Waals surface area (Å²) in [6.07, 6.45) is 21.1. The SMILES string of the molecule is CCCCCCCCCC[N+]1(CCCCCCCCCC)Cc2c(-c3ccc(O)cc3)cc3ccccc3c2-c2c(c(-c3ccc(O)cc3)cc3ccccc23)C1. The Morgan fingerprint density at radius 1 is 0.421 bits per heavy atom. The third-order valence-electron chi connectivity index (χ3n) is 12.9. The van der Waals surface area contributed by atoms with Crippen LogP contribution in [0.2, 0.25) is 0 Å². The van der Waals surface area contributed by atoms with E-state index in [9.17, 15) is 10.2 Å². The van der Waals surface area contributed by atoms with E-state index >= 15 is 0 Å². The Balaban J connectivity index is 1.41. The number of fused-ring (bicyclic) bond motifs is 7. The van der Waals surface area contributed by atoms with Crippen molar-refractivity contribution in [3.05, 3.63) is 120 Å². The molecule has 6 aromatic carbocycles. The van der Waals surface area contributed by atoms with Gasteiger partial charge in [0.15, 0.2) is 0 Å². The second-order valence-corrected chi connectivity index (χ2v) is 17.1. The quantitative estimate of drug-likeness (QED) is 0.0601. The summed E-state index contributed by atoms with van der Waals surface area (Å²) >= 11 is 0. The zero-order valence-electron chi connectivity index (χ0n) is 34.9. The van der Waals surface area contributed by atoms with Gasteiger partial charge in [-0.1, -0.05) is 164 Å². The Bertz CT molecular complexity index is 2040. The van der Waals surface area contributed by atoms with Gasteiger partial charge in [0.25, 0.3) is 0 Å². The fourth-order valence-corrected chi connectivity index (χ4v) is 9.79. The van der Waals surface area contributed by atoms with Crippen LogP contribution >= 0.6 is 0 Å². The highest BCUT2D eigenvalue weighted by Gasteiger charge is 2.37. The summed E-state index contributed by atoms with van der Waals surface area (Å²) in [5.41, 5.74) is 10.5. The van der Waals surface area contributed by atoms with Gasteiger partial charge < -0.3 is 14.7 Å². The minimum Gasteiger partial charge on any atom is -0.508 e. The molecule has 0 fully saturated rings. The Morgan fingerprint density at radius 3 is 1.16 bits per heavy atom. The standard InChI is InChI=1S/C54H65NO2/c1-3-5-7-9-11-13-15-21-35-55(36-22-16-14-12-10-8-6-4-2)39-51-49(41-27-31-45(56)32-28-41)37-43-23-17-19-25-47(43)53(51)54-48-26-20-18-24-44(48)38-50(52(54)40-55)42-29-33-46(57)34-30-42/h17-20,23-34,37-38H,3-16,21-22,35-36,39-40H2,1-2H3,(H-,56,57)/p+1. The lowest BCUT2D eigenvalue weighted by atomic mass is 9.82. The normalized spacial score (nSPS) is 13.4. The first-order valence-electron chi connectivity index (χ1n) is 22.5. The van der Waals surface area contributed by atoms with Crippen molar-refractivity contribution in [1.82, 2.24) is 0 Å². The van der Waals surface area contributed by atoms with Crippen LogP contribution in [0.4, 0.5) is 0 Å². The molecule has 1 aliphatic heterocycles. The number of aromatic hydroxyl groups is 2. The molecular formula is C54H66NO2+. The molecule has 0 spiro atoms. The van der Waals surface area contributed by atoms with E-state index in [1.165, 1.54) is 158 Å². The van der Waals surface area contributed by atoms with Gasteiger partial charge in [0.1, 0.15) is 24.6 Å². The van der Waals surface area contributed by atoms with Crippen LogP contribution < -0.4 is 0 Å². The van der Waals surface area contributed by atoms with E-state index in [-0.39, 0.29) is 0 Å². The van der Waals surface area contributed by atoms with Gasteiger partial charge in [-0.15, -0.1) is 0 Å². The first-order chi connectivity index (χ1) is 28.0. The summed E-state index contributed by atoms with van der Waals surface area (Å²) in [6.45, 7) is 8.88. The van der Waals surface area contributed by atoms with Crippen LogP contribution in [-0.2, 0) is 13.1 Å².